The first kappa shape index (κ1) is 25.7. The van der Waals surface area contributed by atoms with E-state index in [1.54, 1.807) is 6.92 Å². The topological polar surface area (TPSA) is 184 Å². The number of aromatic nitrogens is 1. The molecule has 2 atom stereocenters. The zero-order chi connectivity index (χ0) is 23.5. The van der Waals surface area contributed by atoms with E-state index in [1.807, 2.05) is 6.21 Å². The molecule has 0 aromatic carbocycles. The summed E-state index contributed by atoms with van der Waals surface area (Å²) >= 11 is 0. The monoisotopic (exact) mass is 474 g/mol. The molecule has 0 saturated heterocycles. The summed E-state index contributed by atoms with van der Waals surface area (Å²) < 4.78 is 37.2. The van der Waals surface area contributed by atoms with Crippen molar-refractivity contribution in [1.82, 2.24) is 25.8 Å². The van der Waals surface area contributed by atoms with E-state index < -0.39 is 28.1 Å². The van der Waals surface area contributed by atoms with Gasteiger partial charge in [-0.1, -0.05) is 13.3 Å². The van der Waals surface area contributed by atoms with Crippen LogP contribution in [0.15, 0.2) is 15.6 Å². The lowest BCUT2D eigenvalue weighted by Crippen LogP contribution is -2.65. The Labute approximate surface area is 186 Å². The van der Waals surface area contributed by atoms with E-state index in [2.05, 4.69) is 30.8 Å². The van der Waals surface area contributed by atoms with Crippen LogP contribution in [0.1, 0.15) is 38.4 Å². The summed E-state index contributed by atoms with van der Waals surface area (Å²) in [6, 6.07) is 1.35. The molecule has 0 spiro atoms. The van der Waals surface area contributed by atoms with Gasteiger partial charge in [0, 0.05) is 25.4 Å². The molecule has 1 aromatic heterocycles. The van der Waals surface area contributed by atoms with Gasteiger partial charge in [0.1, 0.15) is 5.76 Å². The van der Waals surface area contributed by atoms with Gasteiger partial charge >= 0.3 is 5.97 Å². The Bertz CT molecular complexity index is 875. The van der Waals surface area contributed by atoms with Gasteiger partial charge in [-0.25, -0.2) is 13.2 Å². The van der Waals surface area contributed by atoms with Gasteiger partial charge in [-0.05, 0) is 24.4 Å². The molecule has 1 amide bonds. The fourth-order valence-electron chi connectivity index (χ4n) is 2.89. The first-order valence-corrected chi connectivity index (χ1v) is 12.0. The number of nitrogens with one attached hydrogen (secondary N) is 4. The van der Waals surface area contributed by atoms with Crippen LogP contribution in [0.25, 0.3) is 0 Å². The fraction of sp³-hybridized carbons (Fsp3) is 0.667. The lowest BCUT2D eigenvalue weighted by molar-refractivity contribution is -0.147. The summed E-state index contributed by atoms with van der Waals surface area (Å²) in [5.41, 5.74) is -2.32. The van der Waals surface area contributed by atoms with E-state index in [1.165, 1.54) is 6.07 Å². The highest BCUT2D eigenvalue weighted by Gasteiger charge is 2.43. The van der Waals surface area contributed by atoms with Gasteiger partial charge in [0.2, 0.25) is 22.1 Å². The molecule has 13 nitrogen and oxygen atoms in total. The van der Waals surface area contributed by atoms with Crippen LogP contribution in [0, 0.1) is 0 Å². The molecule has 0 aliphatic carbocycles. The van der Waals surface area contributed by atoms with E-state index in [9.17, 15) is 23.1 Å². The van der Waals surface area contributed by atoms with Crippen molar-refractivity contribution in [2.24, 2.45) is 4.99 Å². The molecule has 2 rings (SSSR count). The number of rotatable bonds is 16. The molecular weight excluding hydrogens is 444 g/mol. The second-order valence-electron chi connectivity index (χ2n) is 7.19. The minimum atomic E-state index is -3.98. The number of unbranched alkanes of at least 4 members (excludes halogenated alkanes) is 1. The van der Waals surface area contributed by atoms with Crippen molar-refractivity contribution in [2.45, 2.75) is 51.0 Å². The van der Waals surface area contributed by atoms with Crippen LogP contribution in [0.4, 0.5) is 0 Å². The van der Waals surface area contributed by atoms with E-state index in [-0.39, 0.29) is 30.1 Å². The number of hydrogen-bond acceptors (Lipinski definition) is 10. The summed E-state index contributed by atoms with van der Waals surface area (Å²) in [4.78, 5) is 27.2. The number of hydrogen-bond donors (Lipinski definition) is 5. The number of carbonyl (C=O) groups excluding carboxylic acids is 1. The minimum absolute atomic E-state index is 0.0220. The minimum Gasteiger partial charge on any atom is -0.478 e. The Kier molecular flexibility index (Phi) is 10.0. The molecule has 1 aliphatic rings. The third-order valence-electron chi connectivity index (χ3n) is 4.52. The Morgan fingerprint density at radius 2 is 2.28 bits per heavy atom. The van der Waals surface area contributed by atoms with Gasteiger partial charge in [-0.15, -0.1) is 0 Å². The fourth-order valence-corrected chi connectivity index (χ4v) is 4.41. The highest BCUT2D eigenvalue weighted by molar-refractivity contribution is 7.89. The quantitative estimate of drug-likeness (QED) is 0.115. The molecule has 14 heteroatoms. The number of carboxylic acid groups (broad SMARTS) is 1. The number of carboxylic acids is 1. The number of ether oxygens (including phenoxy) is 1. The first-order chi connectivity index (χ1) is 15.3. The number of aliphatic carboxylic acids is 1. The molecule has 0 radical (unpaired) electrons. The van der Waals surface area contributed by atoms with Crippen LogP contribution in [0.3, 0.4) is 0 Å². The Hall–Kier alpha value is -2.55. The first-order valence-electron chi connectivity index (χ1n) is 10.3. The van der Waals surface area contributed by atoms with Crippen molar-refractivity contribution in [2.75, 3.05) is 25.4 Å². The summed E-state index contributed by atoms with van der Waals surface area (Å²) in [7, 11) is -3.98. The van der Waals surface area contributed by atoms with Crippen molar-refractivity contribution < 1.29 is 32.4 Å². The largest absolute Gasteiger partial charge is 0.478 e. The van der Waals surface area contributed by atoms with Crippen molar-refractivity contribution in [3.05, 3.63) is 11.8 Å². The van der Waals surface area contributed by atoms with Gasteiger partial charge in [-0.3, -0.25) is 20.4 Å². The molecule has 32 heavy (non-hydrogen) atoms. The number of aliphatic imine (C=N–C) groups is 1. The summed E-state index contributed by atoms with van der Waals surface area (Å²) in [5, 5.41) is 21.8. The maximum absolute atomic E-state index is 12.3. The van der Waals surface area contributed by atoms with Gasteiger partial charge in [-0.2, -0.15) is 4.72 Å². The summed E-state index contributed by atoms with van der Waals surface area (Å²) in [6.45, 7) is 3.63. The maximum Gasteiger partial charge on any atom is 0.346 e. The predicted octanol–water partition coefficient (Wildman–Crippen LogP) is -0.830. The van der Waals surface area contributed by atoms with Crippen molar-refractivity contribution in [1.29, 1.82) is 0 Å². The molecule has 0 saturated carbocycles. The number of carbonyl (C=O) groups is 2. The normalized spacial score (nSPS) is 18.1. The molecule has 1 aromatic rings. The molecule has 2 unspecified atom stereocenters. The Morgan fingerprint density at radius 1 is 1.47 bits per heavy atom. The third kappa shape index (κ3) is 8.18. The van der Waals surface area contributed by atoms with Crippen LogP contribution in [-0.2, 0) is 26.0 Å². The van der Waals surface area contributed by atoms with Crippen molar-refractivity contribution in [3.8, 4) is 5.88 Å². The smallest absolute Gasteiger partial charge is 0.346 e. The van der Waals surface area contributed by atoms with E-state index in [0.29, 0.717) is 32.4 Å². The lowest BCUT2D eigenvalue weighted by Gasteiger charge is -2.28. The zero-order valence-electron chi connectivity index (χ0n) is 17.9. The van der Waals surface area contributed by atoms with E-state index >= 15 is 0 Å². The van der Waals surface area contributed by atoms with E-state index in [4.69, 9.17) is 9.26 Å². The number of amides is 1. The van der Waals surface area contributed by atoms with Crippen LogP contribution >= 0.6 is 0 Å². The summed E-state index contributed by atoms with van der Waals surface area (Å²) in [6.07, 6.45) is 3.86. The Morgan fingerprint density at radius 3 is 2.94 bits per heavy atom. The molecule has 0 fully saturated rings. The second-order valence-corrected chi connectivity index (χ2v) is 9.03. The molecule has 5 N–H and O–H groups in total. The summed E-state index contributed by atoms with van der Waals surface area (Å²) in [5.74, 6) is -1.73. The van der Waals surface area contributed by atoms with Crippen LogP contribution in [-0.4, -0.2) is 74.7 Å². The number of sulfonamides is 1. The zero-order valence-corrected chi connectivity index (χ0v) is 18.7. The van der Waals surface area contributed by atoms with Crippen LogP contribution in [0.2, 0.25) is 0 Å². The van der Waals surface area contributed by atoms with E-state index in [0.717, 1.165) is 13.0 Å². The molecule has 0 bridgehead atoms. The van der Waals surface area contributed by atoms with Crippen LogP contribution in [0.5, 0.6) is 5.88 Å². The molecular formula is C18H30N6O7S. The molecule has 180 valence electrons. The highest BCUT2D eigenvalue weighted by Crippen LogP contribution is 2.18. The van der Waals surface area contributed by atoms with Gasteiger partial charge in [0.15, 0.2) is 6.29 Å². The average molecular weight is 475 g/mol. The second kappa shape index (κ2) is 12.5. The van der Waals surface area contributed by atoms with Gasteiger partial charge in [0.25, 0.3) is 5.88 Å². The maximum atomic E-state index is 12.3. The van der Waals surface area contributed by atoms with Crippen molar-refractivity contribution >= 4 is 28.6 Å². The van der Waals surface area contributed by atoms with Gasteiger partial charge in [0.05, 0.1) is 18.8 Å². The van der Waals surface area contributed by atoms with Gasteiger partial charge < -0.3 is 19.7 Å². The lowest BCUT2D eigenvalue weighted by atomic mass is 10.1. The SMILES string of the molecule is CCCCS(=O)(=O)NC(Cc1cc(OCCCNC2N=CCCN2)no1)(NC=O)C(=O)O. The van der Waals surface area contributed by atoms with Crippen molar-refractivity contribution in [3.63, 3.8) is 0 Å². The third-order valence-corrected chi connectivity index (χ3v) is 6.00. The predicted molar refractivity (Wildman–Crippen MR) is 115 cm³/mol. The van der Waals surface area contributed by atoms with Crippen LogP contribution < -0.4 is 25.4 Å². The average Bonchev–Trinajstić information content (AvgIpc) is 3.19. The molecule has 2 heterocycles. The number of nitrogens with zero attached hydrogens (tertiary/aromatic N) is 2. The highest BCUT2D eigenvalue weighted by atomic mass is 32.2. The standard InChI is InChI=1S/C18H30N6O7S/c1-2-3-10-32(28,29)24-18(16(26)27,22-13-25)12-14-11-15(23-31-14)30-9-5-8-21-17-19-6-4-7-20-17/h6,11,13,17,20-21,24H,2-5,7-10,12H2,1H3,(H,22,25)(H,26,27). The molecule has 1 aliphatic heterocycles. The Balaban J connectivity index is 1.92.